The molecule has 6 heteroatoms. The number of benzene rings is 2. The van der Waals surface area contributed by atoms with Crippen molar-refractivity contribution in [2.24, 2.45) is 0 Å². The molecular weight excluding hydrogens is 360 g/mol. The number of rotatable bonds is 3. The zero-order chi connectivity index (χ0) is 16.4. The number of carbonyl (C=O) groups is 1. The Morgan fingerprint density at radius 3 is 2.30 bits per heavy atom. The Morgan fingerprint density at radius 2 is 1.70 bits per heavy atom. The summed E-state index contributed by atoms with van der Waals surface area (Å²) in [6.45, 7) is 0. The van der Waals surface area contributed by atoms with Crippen molar-refractivity contribution in [2.75, 3.05) is 0 Å². The van der Waals surface area contributed by atoms with Crippen LogP contribution in [0, 0.1) is 10.1 Å². The van der Waals surface area contributed by atoms with Gasteiger partial charge in [-0.2, -0.15) is 0 Å². The van der Waals surface area contributed by atoms with Gasteiger partial charge in [0.2, 0.25) is 0 Å². The molecule has 0 fully saturated rings. The van der Waals surface area contributed by atoms with Gasteiger partial charge in [0.25, 0.3) is 11.6 Å². The van der Waals surface area contributed by atoms with Crippen molar-refractivity contribution < 1.29 is 9.72 Å². The van der Waals surface area contributed by atoms with E-state index in [0.717, 1.165) is 5.56 Å². The van der Waals surface area contributed by atoms with Crippen LogP contribution in [0.1, 0.15) is 11.1 Å². The van der Waals surface area contributed by atoms with Crippen LogP contribution >= 0.6 is 15.9 Å². The van der Waals surface area contributed by atoms with Crippen molar-refractivity contribution in [1.29, 1.82) is 0 Å². The van der Waals surface area contributed by atoms with E-state index >= 15 is 0 Å². The highest BCUT2D eigenvalue weighted by atomic mass is 79.9. The maximum absolute atomic E-state index is 12.2. The fraction of sp³-hybridized carbons (Fsp3) is 0. The number of halogens is 1. The molecule has 0 radical (unpaired) electrons. The first kappa shape index (κ1) is 15.2. The Labute approximate surface area is 140 Å². The fourth-order valence-corrected chi connectivity index (χ4v) is 2.88. The molecule has 1 heterocycles. The van der Waals surface area contributed by atoms with Crippen LogP contribution in [0.15, 0.2) is 64.7 Å². The minimum Gasteiger partial charge on any atom is -0.320 e. The van der Waals surface area contributed by atoms with Crippen molar-refractivity contribution in [3.63, 3.8) is 0 Å². The molecule has 0 spiro atoms. The van der Waals surface area contributed by atoms with Crippen molar-refractivity contribution >= 4 is 39.3 Å². The molecule has 5 nitrogen and oxygen atoms in total. The summed E-state index contributed by atoms with van der Waals surface area (Å²) in [4.78, 5) is 22.4. The average Bonchev–Trinajstić information content (AvgIpc) is 2.84. The van der Waals surface area contributed by atoms with Gasteiger partial charge >= 0.3 is 0 Å². The van der Waals surface area contributed by atoms with E-state index in [4.69, 9.17) is 0 Å². The lowest BCUT2D eigenvalue weighted by Gasteiger charge is -2.02. The number of carbonyl (C=O) groups excluding carboxylic acids is 1. The van der Waals surface area contributed by atoms with Crippen LogP contribution in [-0.4, -0.2) is 10.8 Å². The molecule has 1 aliphatic rings. The molecule has 0 atom stereocenters. The summed E-state index contributed by atoms with van der Waals surface area (Å²) in [7, 11) is 0. The predicted molar refractivity (Wildman–Crippen MR) is 91.5 cm³/mol. The van der Waals surface area contributed by atoms with Gasteiger partial charge in [0.15, 0.2) is 0 Å². The van der Waals surface area contributed by atoms with Crippen LogP contribution in [0.5, 0.6) is 0 Å². The molecule has 0 saturated heterocycles. The minimum atomic E-state index is -0.456. The Kier molecular flexibility index (Phi) is 4.08. The van der Waals surface area contributed by atoms with Crippen molar-refractivity contribution in [3.8, 4) is 0 Å². The number of nitro groups is 1. The second kappa shape index (κ2) is 6.18. The molecule has 1 aliphatic heterocycles. The zero-order valence-corrected chi connectivity index (χ0v) is 13.4. The normalized spacial score (nSPS) is 15.9. The van der Waals surface area contributed by atoms with Gasteiger partial charge in [-0.15, -0.1) is 0 Å². The molecule has 0 unspecified atom stereocenters. The lowest BCUT2D eigenvalue weighted by atomic mass is 10.1. The second-order valence-corrected chi connectivity index (χ2v) is 5.71. The number of non-ortho nitro benzene ring substituents is 1. The fourth-order valence-electron chi connectivity index (χ4n) is 2.26. The van der Waals surface area contributed by atoms with Gasteiger partial charge in [0, 0.05) is 12.1 Å². The summed E-state index contributed by atoms with van der Waals surface area (Å²) in [5.41, 5.74) is 2.83. The van der Waals surface area contributed by atoms with Crippen LogP contribution in [-0.2, 0) is 4.79 Å². The molecule has 3 rings (SSSR count). The highest BCUT2D eigenvalue weighted by molar-refractivity contribution is 9.12. The molecule has 2 aromatic carbocycles. The zero-order valence-electron chi connectivity index (χ0n) is 11.8. The van der Waals surface area contributed by atoms with Gasteiger partial charge in [-0.05, 0) is 45.3 Å². The lowest BCUT2D eigenvalue weighted by Crippen LogP contribution is -2.15. The molecule has 0 aromatic heterocycles. The van der Waals surface area contributed by atoms with E-state index in [2.05, 4.69) is 21.2 Å². The summed E-state index contributed by atoms with van der Waals surface area (Å²) >= 11 is 3.46. The van der Waals surface area contributed by atoms with Gasteiger partial charge < -0.3 is 5.32 Å². The average molecular weight is 371 g/mol. The van der Waals surface area contributed by atoms with Gasteiger partial charge in [-0.3, -0.25) is 14.9 Å². The maximum Gasteiger partial charge on any atom is 0.269 e. The number of amides is 1. The summed E-state index contributed by atoms with van der Waals surface area (Å²) in [5, 5.41) is 13.5. The number of hydrogen-bond donors (Lipinski definition) is 1. The summed E-state index contributed by atoms with van der Waals surface area (Å²) in [6, 6.07) is 15.6. The van der Waals surface area contributed by atoms with Crippen LogP contribution in [0.2, 0.25) is 0 Å². The number of nitrogens with one attached hydrogen (secondary N) is 1. The second-order valence-electron chi connectivity index (χ2n) is 4.92. The van der Waals surface area contributed by atoms with E-state index in [9.17, 15) is 14.9 Å². The highest BCUT2D eigenvalue weighted by Gasteiger charge is 2.26. The number of nitro benzene ring substituents is 1. The van der Waals surface area contributed by atoms with Gasteiger partial charge in [-0.1, -0.05) is 30.3 Å². The molecular formula is C17H11BrN2O3. The van der Waals surface area contributed by atoms with Gasteiger partial charge in [0.05, 0.1) is 20.7 Å². The van der Waals surface area contributed by atoms with Crippen LogP contribution in [0.3, 0.4) is 0 Å². The third-order valence-corrected chi connectivity index (χ3v) is 4.24. The molecule has 1 amide bonds. The summed E-state index contributed by atoms with van der Waals surface area (Å²) in [5.74, 6) is -0.214. The molecule has 2 aromatic rings. The monoisotopic (exact) mass is 370 g/mol. The van der Waals surface area contributed by atoms with Crippen LogP contribution < -0.4 is 5.32 Å². The third-order valence-electron chi connectivity index (χ3n) is 3.42. The smallest absolute Gasteiger partial charge is 0.269 e. The largest absolute Gasteiger partial charge is 0.320 e. The topological polar surface area (TPSA) is 72.2 Å². The quantitative estimate of drug-likeness (QED) is 0.506. The van der Waals surface area contributed by atoms with E-state index in [-0.39, 0.29) is 11.6 Å². The first-order chi connectivity index (χ1) is 11.1. The summed E-state index contributed by atoms with van der Waals surface area (Å²) in [6.07, 6.45) is 1.69. The first-order valence-corrected chi connectivity index (χ1v) is 7.58. The number of nitrogens with zero attached hydrogens (tertiary/aromatic N) is 1. The Bertz CT molecular complexity index is 840. The third kappa shape index (κ3) is 3.07. The minimum absolute atomic E-state index is 0.0163. The Hall–Kier alpha value is -2.73. The number of hydrogen-bond acceptors (Lipinski definition) is 3. The highest BCUT2D eigenvalue weighted by Crippen LogP contribution is 2.33. The van der Waals surface area contributed by atoms with E-state index in [1.54, 1.807) is 18.2 Å². The van der Waals surface area contributed by atoms with Gasteiger partial charge in [0.1, 0.15) is 0 Å². The van der Waals surface area contributed by atoms with E-state index in [1.807, 2.05) is 30.3 Å². The lowest BCUT2D eigenvalue weighted by molar-refractivity contribution is -0.384. The molecule has 114 valence electrons. The van der Waals surface area contributed by atoms with Crippen molar-refractivity contribution in [2.45, 2.75) is 0 Å². The standard InChI is InChI=1S/C17H11BrN2O3/c18-15-14(10-11-6-8-13(9-7-11)20(22)23)17(21)19-16(15)12-4-2-1-3-5-12/h1-10H,(H,19,21)/b14-10+. The Morgan fingerprint density at radius 1 is 1.04 bits per heavy atom. The Balaban J connectivity index is 1.97. The van der Waals surface area contributed by atoms with Crippen molar-refractivity contribution in [3.05, 3.63) is 85.9 Å². The predicted octanol–water partition coefficient (Wildman–Crippen LogP) is 3.87. The molecule has 0 aliphatic carbocycles. The van der Waals surface area contributed by atoms with E-state index < -0.39 is 4.92 Å². The molecule has 23 heavy (non-hydrogen) atoms. The van der Waals surface area contributed by atoms with Gasteiger partial charge in [-0.25, -0.2) is 0 Å². The maximum atomic E-state index is 12.2. The first-order valence-electron chi connectivity index (χ1n) is 6.79. The molecule has 1 N–H and O–H groups in total. The van der Waals surface area contributed by atoms with E-state index in [0.29, 0.717) is 21.3 Å². The van der Waals surface area contributed by atoms with Crippen LogP contribution in [0.25, 0.3) is 11.8 Å². The van der Waals surface area contributed by atoms with Crippen molar-refractivity contribution in [1.82, 2.24) is 5.32 Å². The van der Waals surface area contributed by atoms with E-state index in [1.165, 1.54) is 12.1 Å². The SMILES string of the molecule is O=C1NC(c2ccccc2)=C(Br)/C1=C\c1ccc([N+](=O)[O-])cc1. The molecule has 0 bridgehead atoms. The summed E-state index contributed by atoms with van der Waals surface area (Å²) < 4.78 is 0.673. The van der Waals surface area contributed by atoms with Crippen LogP contribution in [0.4, 0.5) is 5.69 Å². The molecule has 0 saturated carbocycles.